The van der Waals surface area contributed by atoms with Gasteiger partial charge in [0.25, 0.3) is 0 Å². The average molecular weight is 375 g/mol. The fourth-order valence-corrected chi connectivity index (χ4v) is 1.97. The fourth-order valence-electron chi connectivity index (χ4n) is 1.97. The van der Waals surface area contributed by atoms with E-state index < -0.39 is 11.9 Å². The molecule has 0 aliphatic carbocycles. The molecule has 0 fully saturated rings. The van der Waals surface area contributed by atoms with Crippen LogP contribution in [-0.2, 0) is 9.59 Å². The number of aliphatic carboxylic acids is 2. The molecule has 0 amide bonds. The van der Waals surface area contributed by atoms with Gasteiger partial charge in [-0.25, -0.2) is 9.59 Å². The van der Waals surface area contributed by atoms with Crippen molar-refractivity contribution >= 4 is 18.0 Å². The van der Waals surface area contributed by atoms with E-state index in [1.54, 1.807) is 0 Å². The highest BCUT2D eigenvalue weighted by molar-refractivity contribution is 5.85. The molecule has 2 N–H and O–H groups in total. The first-order valence-corrected chi connectivity index (χ1v) is 9.16. The lowest BCUT2D eigenvalue weighted by molar-refractivity contribution is -0.133. The second-order valence-corrected chi connectivity index (χ2v) is 6.23. The van der Waals surface area contributed by atoms with E-state index in [1.807, 2.05) is 36.4 Å². The number of hydrogen-bond acceptors (Lipinski definition) is 2. The Morgan fingerprint density at radius 1 is 1.07 bits per heavy atom. The Morgan fingerprint density at radius 3 is 1.89 bits per heavy atom. The molecule has 0 saturated heterocycles. The van der Waals surface area contributed by atoms with Crippen LogP contribution in [0.25, 0.3) is 6.08 Å². The summed E-state index contributed by atoms with van der Waals surface area (Å²) in [5.41, 5.74) is 1.70. The molecule has 1 unspecified atom stereocenters. The van der Waals surface area contributed by atoms with Gasteiger partial charge in [-0.2, -0.15) is 0 Å². The van der Waals surface area contributed by atoms with Crippen molar-refractivity contribution in [2.45, 2.75) is 52.9 Å². The Bertz CT molecular complexity index is 576. The first-order chi connectivity index (χ1) is 12.7. The van der Waals surface area contributed by atoms with E-state index in [0.29, 0.717) is 17.9 Å². The van der Waals surface area contributed by atoms with Crippen LogP contribution in [0, 0.1) is 5.92 Å². The lowest BCUT2D eigenvalue weighted by Crippen LogP contribution is -2.06. The van der Waals surface area contributed by atoms with Crippen molar-refractivity contribution in [3.05, 3.63) is 66.8 Å². The third kappa shape index (κ3) is 16.6. The van der Waals surface area contributed by atoms with Gasteiger partial charge in [0.15, 0.2) is 0 Å². The fraction of sp³-hybridized carbons (Fsp3) is 0.391. The molecule has 0 radical (unpaired) electrons. The Morgan fingerprint density at radius 2 is 1.59 bits per heavy atom. The molecule has 150 valence electrons. The third-order valence-corrected chi connectivity index (χ3v) is 3.78. The van der Waals surface area contributed by atoms with Crippen molar-refractivity contribution in [2.24, 2.45) is 5.92 Å². The number of benzene rings is 1. The van der Waals surface area contributed by atoms with Crippen molar-refractivity contribution in [3.63, 3.8) is 0 Å². The summed E-state index contributed by atoms with van der Waals surface area (Å²) in [5.74, 6) is -1.28. The van der Waals surface area contributed by atoms with Crippen LogP contribution in [0.3, 0.4) is 0 Å². The van der Waals surface area contributed by atoms with Crippen molar-refractivity contribution in [3.8, 4) is 0 Å². The van der Waals surface area contributed by atoms with Gasteiger partial charge in [0, 0.05) is 11.1 Å². The van der Waals surface area contributed by atoms with Gasteiger partial charge in [0.1, 0.15) is 0 Å². The number of hydrogen-bond donors (Lipinski definition) is 2. The zero-order valence-corrected chi connectivity index (χ0v) is 16.9. The summed E-state index contributed by atoms with van der Waals surface area (Å²) in [5, 5.41) is 16.5. The predicted molar refractivity (Wildman–Crippen MR) is 114 cm³/mol. The van der Waals surface area contributed by atoms with Crippen LogP contribution in [0.4, 0.5) is 0 Å². The van der Waals surface area contributed by atoms with Gasteiger partial charge in [-0.15, -0.1) is 0 Å². The average Bonchev–Trinajstić information content (AvgIpc) is 2.66. The number of carboxylic acids is 2. The highest BCUT2D eigenvalue weighted by Gasteiger charge is 2.11. The molecule has 0 spiro atoms. The van der Waals surface area contributed by atoms with Gasteiger partial charge in [0.05, 0.1) is 0 Å². The maximum absolute atomic E-state index is 10.5. The number of carboxylic acid groups (broad SMARTS) is 2. The van der Waals surface area contributed by atoms with Crippen LogP contribution < -0.4 is 0 Å². The molecular formula is C23H34O4. The molecule has 0 bridgehead atoms. The van der Waals surface area contributed by atoms with Crippen molar-refractivity contribution < 1.29 is 19.8 Å². The van der Waals surface area contributed by atoms with E-state index in [9.17, 15) is 9.59 Å². The van der Waals surface area contributed by atoms with Gasteiger partial charge in [-0.1, -0.05) is 95.7 Å². The molecule has 1 aromatic carbocycles. The van der Waals surface area contributed by atoms with Crippen molar-refractivity contribution in [2.75, 3.05) is 0 Å². The van der Waals surface area contributed by atoms with Crippen LogP contribution in [0.1, 0.15) is 58.4 Å². The molecule has 0 aliphatic heterocycles. The largest absolute Gasteiger partial charge is 0.478 e. The van der Waals surface area contributed by atoms with E-state index in [1.165, 1.54) is 25.3 Å². The maximum Gasteiger partial charge on any atom is 0.330 e. The lowest BCUT2D eigenvalue weighted by Gasteiger charge is -2.13. The molecule has 0 saturated carbocycles. The summed E-state index contributed by atoms with van der Waals surface area (Å²) in [7, 11) is 0. The minimum absolute atomic E-state index is 0.176. The zero-order chi connectivity index (χ0) is 21.2. The second-order valence-electron chi connectivity index (χ2n) is 6.23. The summed E-state index contributed by atoms with van der Waals surface area (Å²) in [4.78, 5) is 20.1. The van der Waals surface area contributed by atoms with Crippen molar-refractivity contribution in [1.29, 1.82) is 0 Å². The smallest absolute Gasteiger partial charge is 0.330 e. The minimum atomic E-state index is -0.935. The van der Waals surface area contributed by atoms with E-state index >= 15 is 0 Å². The lowest BCUT2D eigenvalue weighted by atomic mass is 9.92. The second kappa shape index (κ2) is 16.8. The Hall–Kier alpha value is -2.62. The summed E-state index contributed by atoms with van der Waals surface area (Å²) in [6.07, 6.45) is 7.01. The first kappa shape index (κ1) is 26.6. The summed E-state index contributed by atoms with van der Waals surface area (Å²) < 4.78 is 0. The summed E-state index contributed by atoms with van der Waals surface area (Å²) in [6.45, 7) is 16.0. The molecule has 1 atom stereocenters. The third-order valence-electron chi connectivity index (χ3n) is 3.78. The number of rotatable bonds is 9. The topological polar surface area (TPSA) is 74.6 Å². The molecular weight excluding hydrogens is 340 g/mol. The number of carbonyl (C=O) groups is 2. The van der Waals surface area contributed by atoms with Crippen LogP contribution in [-0.4, -0.2) is 22.2 Å². The molecule has 1 aromatic rings. The van der Waals surface area contributed by atoms with Crippen LogP contribution in [0.2, 0.25) is 0 Å². The molecule has 27 heavy (non-hydrogen) atoms. The van der Waals surface area contributed by atoms with Gasteiger partial charge in [-0.3, -0.25) is 0 Å². The number of unbranched alkanes of at least 4 members (excludes halogenated alkanes) is 1. The Labute approximate surface area is 163 Å². The van der Waals surface area contributed by atoms with E-state index in [4.69, 9.17) is 10.2 Å². The highest BCUT2D eigenvalue weighted by atomic mass is 16.4. The molecule has 0 heterocycles. The van der Waals surface area contributed by atoms with Gasteiger partial charge in [0.2, 0.25) is 0 Å². The van der Waals surface area contributed by atoms with Gasteiger partial charge < -0.3 is 10.2 Å². The van der Waals surface area contributed by atoms with Crippen LogP contribution in [0.15, 0.2) is 61.2 Å². The predicted octanol–water partition coefficient (Wildman–Crippen LogP) is 6.21. The summed E-state index contributed by atoms with van der Waals surface area (Å²) in [6, 6.07) is 10.0. The van der Waals surface area contributed by atoms with Gasteiger partial charge >= 0.3 is 11.9 Å². The highest BCUT2D eigenvalue weighted by Crippen LogP contribution is 2.20. The Balaban J connectivity index is 0. The Kier molecular flexibility index (Phi) is 16.6. The monoisotopic (exact) mass is 374 g/mol. The molecule has 0 aliphatic rings. The zero-order valence-electron chi connectivity index (χ0n) is 16.9. The van der Waals surface area contributed by atoms with E-state index in [0.717, 1.165) is 12.8 Å². The standard InChI is InChI=1S/C11H20O2.C8H8.C4H6O2/c1-4-6-7-10(5-2)8-9(3)11(12)13;1-2-8-6-4-3-5-7-8;1-3(2)4(5)6/h10H,3-8H2,1-2H3,(H,12,13);2-7H,1H2;1H2,2H3,(H,5,6). The molecule has 0 aromatic heterocycles. The minimum Gasteiger partial charge on any atom is -0.478 e. The quantitative estimate of drug-likeness (QED) is 0.504. The molecule has 1 rings (SSSR count). The van der Waals surface area contributed by atoms with Crippen LogP contribution >= 0.6 is 0 Å². The maximum atomic E-state index is 10.5. The summed E-state index contributed by atoms with van der Waals surface area (Å²) >= 11 is 0. The first-order valence-electron chi connectivity index (χ1n) is 9.16. The van der Waals surface area contributed by atoms with E-state index in [-0.39, 0.29) is 5.57 Å². The van der Waals surface area contributed by atoms with Gasteiger partial charge in [-0.05, 0) is 24.8 Å². The van der Waals surface area contributed by atoms with Crippen molar-refractivity contribution in [1.82, 2.24) is 0 Å². The normalized spacial score (nSPS) is 10.2. The molecule has 4 nitrogen and oxygen atoms in total. The van der Waals surface area contributed by atoms with Crippen LogP contribution in [0.5, 0.6) is 0 Å². The van der Waals surface area contributed by atoms with E-state index in [2.05, 4.69) is 33.6 Å². The molecule has 4 heteroatoms. The SMILES string of the molecule is C=C(C)C(=O)O.C=C(CC(CC)CCCC)C(=O)O.C=Cc1ccccc1.